The van der Waals surface area contributed by atoms with Crippen LogP contribution in [0.5, 0.6) is 0 Å². The highest BCUT2D eigenvalue weighted by atomic mass is 35.5. The van der Waals surface area contributed by atoms with Crippen molar-refractivity contribution in [1.29, 1.82) is 0 Å². The Morgan fingerprint density at radius 1 is 0.963 bits per heavy atom. The first kappa shape index (κ1) is 20.7. The quantitative estimate of drug-likeness (QED) is 0.713. The van der Waals surface area contributed by atoms with Crippen LogP contribution < -0.4 is 10.6 Å². The summed E-state index contributed by atoms with van der Waals surface area (Å²) in [6, 6.07) is 12.1. The Hall–Kier alpha value is -2.57. The van der Waals surface area contributed by atoms with E-state index in [4.69, 9.17) is 27.9 Å². The molecule has 0 spiro atoms. The van der Waals surface area contributed by atoms with Crippen molar-refractivity contribution >= 4 is 46.7 Å². The number of anilines is 1. The molecule has 2 rings (SSSR count). The van der Waals surface area contributed by atoms with Gasteiger partial charge in [-0.25, -0.2) is 4.79 Å². The monoisotopic (exact) mass is 408 g/mol. The van der Waals surface area contributed by atoms with Crippen LogP contribution in [0, 0.1) is 0 Å². The van der Waals surface area contributed by atoms with Gasteiger partial charge in [0.15, 0.2) is 6.10 Å². The summed E-state index contributed by atoms with van der Waals surface area (Å²) in [6.45, 7) is 2.90. The van der Waals surface area contributed by atoms with Gasteiger partial charge in [0.05, 0.1) is 0 Å². The zero-order valence-electron chi connectivity index (χ0n) is 14.7. The van der Waals surface area contributed by atoms with Crippen LogP contribution in [0.15, 0.2) is 48.5 Å². The van der Waals surface area contributed by atoms with Crippen LogP contribution >= 0.6 is 23.2 Å². The van der Waals surface area contributed by atoms with Crippen molar-refractivity contribution in [2.45, 2.75) is 26.0 Å². The minimum Gasteiger partial charge on any atom is -0.451 e. The number of halogens is 2. The summed E-state index contributed by atoms with van der Waals surface area (Å²) in [7, 11) is 0. The molecular weight excluding hydrogens is 391 g/mol. The van der Waals surface area contributed by atoms with E-state index in [1.54, 1.807) is 30.3 Å². The molecule has 2 N–H and O–H groups in total. The molecule has 2 amide bonds. The van der Waals surface area contributed by atoms with E-state index in [2.05, 4.69) is 10.6 Å². The Labute approximate surface area is 166 Å². The summed E-state index contributed by atoms with van der Waals surface area (Å²) in [5.74, 6) is -1.69. The van der Waals surface area contributed by atoms with Crippen LogP contribution in [0.1, 0.15) is 24.2 Å². The van der Waals surface area contributed by atoms with Gasteiger partial charge in [-0.05, 0) is 44.2 Å². The first-order valence-corrected chi connectivity index (χ1v) is 8.85. The second-order valence-corrected chi connectivity index (χ2v) is 6.66. The van der Waals surface area contributed by atoms with E-state index in [1.165, 1.54) is 32.0 Å². The fourth-order valence-corrected chi connectivity index (χ4v) is 2.65. The van der Waals surface area contributed by atoms with E-state index in [9.17, 15) is 14.4 Å². The fraction of sp³-hybridized carbons (Fsp3) is 0.211. The van der Waals surface area contributed by atoms with Gasteiger partial charge >= 0.3 is 5.97 Å². The number of carbonyl (C=O) groups is 3. The smallest absolute Gasteiger partial charge is 0.329 e. The summed E-state index contributed by atoms with van der Waals surface area (Å²) in [4.78, 5) is 36.4. The molecule has 0 aliphatic carbocycles. The number of ether oxygens (including phenoxy) is 1. The summed E-state index contributed by atoms with van der Waals surface area (Å²) in [5, 5.41) is 5.81. The minimum atomic E-state index is -1.08. The molecule has 27 heavy (non-hydrogen) atoms. The average molecular weight is 409 g/mol. The fourth-order valence-electron chi connectivity index (χ4n) is 2.13. The number of nitrogens with one attached hydrogen (secondary N) is 2. The van der Waals surface area contributed by atoms with Crippen molar-refractivity contribution in [2.24, 2.45) is 0 Å². The summed E-state index contributed by atoms with van der Waals surface area (Å²) in [5.41, 5.74) is 0.798. The van der Waals surface area contributed by atoms with Crippen molar-refractivity contribution in [3.8, 4) is 0 Å². The number of carbonyl (C=O) groups excluding carboxylic acids is 3. The third-order valence-corrected chi connectivity index (χ3v) is 3.97. The maximum atomic E-state index is 12.2. The highest BCUT2D eigenvalue weighted by Gasteiger charge is 2.23. The molecule has 0 aliphatic heterocycles. The van der Waals surface area contributed by atoms with Crippen LogP contribution in [0.2, 0.25) is 10.0 Å². The predicted octanol–water partition coefficient (Wildman–Crippen LogP) is 3.68. The molecule has 2 aromatic carbocycles. The first-order valence-electron chi connectivity index (χ1n) is 8.09. The highest BCUT2D eigenvalue weighted by Crippen LogP contribution is 2.22. The predicted molar refractivity (Wildman–Crippen MR) is 104 cm³/mol. The molecule has 0 unspecified atom stereocenters. The molecule has 0 radical (unpaired) electrons. The van der Waals surface area contributed by atoms with E-state index in [0.717, 1.165) is 0 Å². The second kappa shape index (κ2) is 9.39. The van der Waals surface area contributed by atoms with Gasteiger partial charge in [-0.3, -0.25) is 9.59 Å². The molecule has 2 atom stereocenters. The summed E-state index contributed by atoms with van der Waals surface area (Å²) < 4.78 is 5.11. The molecule has 8 heteroatoms. The Kier molecular flexibility index (Phi) is 7.21. The van der Waals surface area contributed by atoms with Crippen LogP contribution in [0.3, 0.4) is 0 Å². The zero-order valence-corrected chi connectivity index (χ0v) is 16.2. The van der Waals surface area contributed by atoms with Crippen LogP contribution in [-0.4, -0.2) is 29.9 Å². The molecule has 6 nitrogen and oxygen atoms in total. The number of rotatable bonds is 6. The Morgan fingerprint density at radius 3 is 2.15 bits per heavy atom. The molecule has 0 aliphatic rings. The van der Waals surface area contributed by atoms with Gasteiger partial charge in [-0.1, -0.05) is 41.4 Å². The summed E-state index contributed by atoms with van der Waals surface area (Å²) >= 11 is 11.8. The third kappa shape index (κ3) is 6.27. The second-order valence-electron chi connectivity index (χ2n) is 5.79. The van der Waals surface area contributed by atoms with E-state index >= 15 is 0 Å². The molecule has 0 saturated heterocycles. The highest BCUT2D eigenvalue weighted by molar-refractivity contribution is 6.35. The maximum Gasteiger partial charge on any atom is 0.329 e. The Morgan fingerprint density at radius 2 is 1.56 bits per heavy atom. The van der Waals surface area contributed by atoms with Crippen molar-refractivity contribution < 1.29 is 19.1 Å². The van der Waals surface area contributed by atoms with Crippen LogP contribution in [0.25, 0.3) is 0 Å². The van der Waals surface area contributed by atoms with E-state index in [0.29, 0.717) is 21.3 Å². The van der Waals surface area contributed by atoms with Crippen molar-refractivity contribution in [3.63, 3.8) is 0 Å². The standard InChI is InChI=1S/C19H18Cl2N2O4/c1-11(22-18(25)13-6-4-3-5-7-13)19(26)27-12(2)17(24)23-16-9-14(20)8-15(21)10-16/h3-12H,1-2H3,(H,22,25)(H,23,24)/t11-,12+/m0/s1. The molecule has 142 valence electrons. The topological polar surface area (TPSA) is 84.5 Å². The number of amides is 2. The maximum absolute atomic E-state index is 12.2. The number of esters is 1. The first-order chi connectivity index (χ1) is 12.8. The van der Waals surface area contributed by atoms with E-state index in [1.807, 2.05) is 0 Å². The van der Waals surface area contributed by atoms with Crippen molar-refractivity contribution in [3.05, 3.63) is 64.1 Å². The molecule has 0 heterocycles. The van der Waals surface area contributed by atoms with E-state index in [-0.39, 0.29) is 0 Å². The molecule has 0 aromatic heterocycles. The van der Waals surface area contributed by atoms with Gasteiger partial charge in [0.2, 0.25) is 0 Å². The van der Waals surface area contributed by atoms with Gasteiger partial charge in [0.25, 0.3) is 11.8 Å². The molecular formula is C19H18Cl2N2O4. The lowest BCUT2D eigenvalue weighted by molar-refractivity contribution is -0.154. The minimum absolute atomic E-state index is 0.361. The SMILES string of the molecule is C[C@H](NC(=O)c1ccccc1)C(=O)O[C@H](C)C(=O)Nc1cc(Cl)cc(Cl)c1. The largest absolute Gasteiger partial charge is 0.451 e. The average Bonchev–Trinajstić information content (AvgIpc) is 2.61. The molecule has 0 saturated carbocycles. The van der Waals surface area contributed by atoms with Gasteiger partial charge in [0, 0.05) is 21.3 Å². The lowest BCUT2D eigenvalue weighted by Crippen LogP contribution is -2.42. The van der Waals surface area contributed by atoms with Gasteiger partial charge in [-0.15, -0.1) is 0 Å². The van der Waals surface area contributed by atoms with Gasteiger partial charge < -0.3 is 15.4 Å². The molecule has 0 bridgehead atoms. The zero-order chi connectivity index (χ0) is 20.0. The third-order valence-electron chi connectivity index (χ3n) is 3.53. The lowest BCUT2D eigenvalue weighted by Gasteiger charge is -2.17. The van der Waals surface area contributed by atoms with Crippen molar-refractivity contribution in [1.82, 2.24) is 5.32 Å². The summed E-state index contributed by atoms with van der Waals surface area (Å²) in [6.07, 6.45) is -1.08. The molecule has 0 fully saturated rings. The van der Waals surface area contributed by atoms with Gasteiger partial charge in [0.1, 0.15) is 6.04 Å². The van der Waals surface area contributed by atoms with Crippen molar-refractivity contribution in [2.75, 3.05) is 5.32 Å². The number of hydrogen-bond donors (Lipinski definition) is 2. The molecule has 2 aromatic rings. The van der Waals surface area contributed by atoms with Gasteiger partial charge in [-0.2, -0.15) is 0 Å². The number of hydrogen-bond acceptors (Lipinski definition) is 4. The lowest BCUT2D eigenvalue weighted by atomic mass is 10.2. The Balaban J connectivity index is 1.89. The Bertz CT molecular complexity index is 823. The number of benzene rings is 2. The van der Waals surface area contributed by atoms with Crippen LogP contribution in [0.4, 0.5) is 5.69 Å². The normalized spacial score (nSPS) is 12.6. The van der Waals surface area contributed by atoms with E-state index < -0.39 is 29.9 Å². The van der Waals surface area contributed by atoms with Crippen LogP contribution in [-0.2, 0) is 14.3 Å².